The number of halogens is 1. The normalized spacial score (nSPS) is 37.0. The summed E-state index contributed by atoms with van der Waals surface area (Å²) < 4.78 is 0. The molecule has 0 saturated carbocycles. The second-order valence-electron chi connectivity index (χ2n) is 14.0. The number of nitrogens with two attached hydrogens (primary N) is 2. The van der Waals surface area contributed by atoms with E-state index in [9.17, 15) is 4.79 Å². The average Bonchev–Trinajstić information content (AvgIpc) is 2.91. The topological polar surface area (TPSA) is 112 Å². The molecule has 3 aliphatic rings. The number of hydrogen-bond donors (Lipinski definition) is 4. The van der Waals surface area contributed by atoms with Crippen LogP contribution in [-0.4, -0.2) is 96.4 Å². The van der Waals surface area contributed by atoms with Crippen LogP contribution in [-0.2, 0) is 4.79 Å². The van der Waals surface area contributed by atoms with Crippen LogP contribution < -0.4 is 22.1 Å². The largest absolute Gasteiger partial charge is 0.347 e. The maximum Gasteiger partial charge on any atom is 0.228 e. The van der Waals surface area contributed by atoms with Gasteiger partial charge in [-0.05, 0) is 70.9 Å². The Bertz CT molecular complexity index is 939. The van der Waals surface area contributed by atoms with Crippen molar-refractivity contribution in [1.29, 1.82) is 0 Å². The van der Waals surface area contributed by atoms with Crippen molar-refractivity contribution in [2.45, 2.75) is 122 Å². The van der Waals surface area contributed by atoms with E-state index in [1.165, 1.54) is 5.57 Å². The summed E-state index contributed by atoms with van der Waals surface area (Å²) in [6.45, 7) is 20.5. The van der Waals surface area contributed by atoms with Gasteiger partial charge in [0.25, 0.3) is 0 Å². The third-order valence-corrected chi connectivity index (χ3v) is 11.1. The fraction of sp³-hybridized carbons (Fsp3) is 0.875. The zero-order valence-corrected chi connectivity index (χ0v) is 27.9. The highest BCUT2D eigenvalue weighted by molar-refractivity contribution is 6.29. The number of likely N-dealkylation sites (N-methyl/N-ethyl adjacent to an activating group) is 1. The van der Waals surface area contributed by atoms with Gasteiger partial charge in [-0.25, -0.2) is 0 Å². The minimum Gasteiger partial charge on any atom is -0.347 e. The zero-order valence-electron chi connectivity index (χ0n) is 27.2. The SMILES string of the molecule is CCCC(C)C1(NC(=O)C(C(N)N)C2CC(C)(CC)/C(CC)=C/C(Cl)/C=N\2)CNCCC1N1CCN(C)C(C)(C)C1. The number of piperazine rings is 1. The van der Waals surface area contributed by atoms with Crippen LogP contribution in [0.5, 0.6) is 0 Å². The number of amides is 1. The number of rotatable bonds is 10. The van der Waals surface area contributed by atoms with Crippen LogP contribution in [0, 0.1) is 17.3 Å². The molecule has 236 valence electrons. The highest BCUT2D eigenvalue weighted by Crippen LogP contribution is 2.42. The fourth-order valence-corrected chi connectivity index (χ4v) is 7.95. The van der Waals surface area contributed by atoms with Crippen LogP contribution in [0.25, 0.3) is 0 Å². The van der Waals surface area contributed by atoms with Crippen molar-refractivity contribution in [2.75, 3.05) is 39.8 Å². The highest BCUT2D eigenvalue weighted by Gasteiger charge is 2.51. The molecule has 0 aromatic carbocycles. The van der Waals surface area contributed by atoms with E-state index in [2.05, 4.69) is 82.0 Å². The van der Waals surface area contributed by atoms with E-state index in [0.717, 1.165) is 64.8 Å². The van der Waals surface area contributed by atoms with Crippen molar-refractivity contribution < 1.29 is 4.79 Å². The third kappa shape index (κ3) is 7.55. The summed E-state index contributed by atoms with van der Waals surface area (Å²) in [4.78, 5) is 24.5. The third-order valence-electron chi connectivity index (χ3n) is 10.9. The minimum atomic E-state index is -0.836. The lowest BCUT2D eigenvalue weighted by Crippen LogP contribution is -2.75. The number of aliphatic imine (C=N–C) groups is 1. The molecule has 0 aromatic rings. The number of piperidine rings is 1. The Labute approximate surface area is 255 Å². The summed E-state index contributed by atoms with van der Waals surface area (Å²) in [5.41, 5.74) is 13.7. The molecule has 0 radical (unpaired) electrons. The lowest BCUT2D eigenvalue weighted by molar-refractivity contribution is -0.132. The molecule has 7 unspecified atom stereocenters. The minimum absolute atomic E-state index is 0.0653. The van der Waals surface area contributed by atoms with Gasteiger partial charge >= 0.3 is 0 Å². The van der Waals surface area contributed by atoms with Crippen LogP contribution in [0.3, 0.4) is 0 Å². The Morgan fingerprint density at radius 3 is 2.54 bits per heavy atom. The van der Waals surface area contributed by atoms with Crippen LogP contribution in [0.1, 0.15) is 87.0 Å². The number of alkyl halides is 1. The molecule has 0 aliphatic carbocycles. The zero-order chi connectivity index (χ0) is 30.6. The lowest BCUT2D eigenvalue weighted by Gasteiger charge is -2.57. The van der Waals surface area contributed by atoms with Gasteiger partial charge in [0.05, 0.1) is 29.0 Å². The predicted octanol–water partition coefficient (Wildman–Crippen LogP) is 3.73. The van der Waals surface area contributed by atoms with Crippen molar-refractivity contribution in [1.82, 2.24) is 20.4 Å². The van der Waals surface area contributed by atoms with Crippen molar-refractivity contribution in [2.24, 2.45) is 33.7 Å². The molecule has 1 amide bonds. The molecule has 2 fully saturated rings. The maximum absolute atomic E-state index is 14.6. The first-order valence-corrected chi connectivity index (χ1v) is 16.6. The van der Waals surface area contributed by atoms with Crippen LogP contribution in [0.4, 0.5) is 0 Å². The smallest absolute Gasteiger partial charge is 0.228 e. The lowest BCUT2D eigenvalue weighted by atomic mass is 9.69. The molecular formula is C32H60ClN7O. The van der Waals surface area contributed by atoms with Gasteiger partial charge < -0.3 is 22.1 Å². The number of hydrogen-bond acceptors (Lipinski definition) is 7. The van der Waals surface area contributed by atoms with Crippen molar-refractivity contribution in [3.05, 3.63) is 11.6 Å². The monoisotopic (exact) mass is 593 g/mol. The Morgan fingerprint density at radius 1 is 1.24 bits per heavy atom. The van der Waals surface area contributed by atoms with E-state index in [4.69, 9.17) is 28.1 Å². The molecule has 9 heteroatoms. The Balaban J connectivity index is 2.00. The number of carbonyl (C=O) groups excluding carboxylic acids is 1. The molecule has 6 N–H and O–H groups in total. The van der Waals surface area contributed by atoms with Crippen LogP contribution in [0.2, 0.25) is 0 Å². The molecule has 3 rings (SSSR count). The molecule has 3 heterocycles. The molecule has 8 nitrogen and oxygen atoms in total. The quantitative estimate of drug-likeness (QED) is 0.174. The molecule has 0 spiro atoms. The Kier molecular flexibility index (Phi) is 11.9. The van der Waals surface area contributed by atoms with Gasteiger partial charge in [0.2, 0.25) is 5.91 Å². The van der Waals surface area contributed by atoms with Gasteiger partial charge in [-0.1, -0.05) is 52.7 Å². The summed E-state index contributed by atoms with van der Waals surface area (Å²) in [6, 6.07) is -0.131. The Morgan fingerprint density at radius 2 is 1.95 bits per heavy atom. The van der Waals surface area contributed by atoms with Crippen LogP contribution in [0.15, 0.2) is 16.6 Å². The number of nitrogens with zero attached hydrogens (tertiary/aromatic N) is 3. The highest BCUT2D eigenvalue weighted by atomic mass is 35.5. The molecule has 0 bridgehead atoms. The first-order chi connectivity index (χ1) is 19.2. The van der Waals surface area contributed by atoms with E-state index in [0.29, 0.717) is 6.42 Å². The number of carbonyl (C=O) groups is 1. The van der Waals surface area contributed by atoms with Crippen molar-refractivity contribution in [3.63, 3.8) is 0 Å². The van der Waals surface area contributed by atoms with Gasteiger partial charge in [-0.2, -0.15) is 0 Å². The molecule has 2 saturated heterocycles. The van der Waals surface area contributed by atoms with E-state index in [1.54, 1.807) is 6.21 Å². The summed E-state index contributed by atoms with van der Waals surface area (Å²) in [7, 11) is 2.21. The first kappa shape index (κ1) is 34.5. The first-order valence-electron chi connectivity index (χ1n) is 16.1. The fourth-order valence-electron chi connectivity index (χ4n) is 7.73. The molecule has 0 aromatic heterocycles. The second kappa shape index (κ2) is 14.2. The number of allylic oxidation sites excluding steroid dienone is 2. The van der Waals surface area contributed by atoms with Crippen molar-refractivity contribution in [3.8, 4) is 0 Å². The Hall–Kier alpha value is -1.03. The van der Waals surface area contributed by atoms with Gasteiger partial charge in [-0.3, -0.25) is 19.6 Å². The average molecular weight is 594 g/mol. The van der Waals surface area contributed by atoms with E-state index in [1.807, 2.05) is 0 Å². The number of nitrogens with one attached hydrogen (secondary N) is 2. The second-order valence-corrected chi connectivity index (χ2v) is 14.5. The maximum atomic E-state index is 14.6. The molecule has 41 heavy (non-hydrogen) atoms. The standard InChI is InChI=1S/C32H60ClN7O/c1-9-12-22(4)32(20-36-14-13-26(32)40-16-15-39(8)30(5,6)21-40)38-29(41)27(28(34)35)25-18-31(7,11-3)23(10-2)17-24(33)19-37-25/h17,19,22,24-28,36H,9-16,18,20-21,34-35H2,1-8H3,(H,38,41)/b23-17+,37-19-. The summed E-state index contributed by atoms with van der Waals surface area (Å²) in [6.07, 6.45) is 8.68. The molecule has 7 atom stereocenters. The van der Waals surface area contributed by atoms with E-state index < -0.39 is 17.6 Å². The van der Waals surface area contributed by atoms with Gasteiger partial charge in [0.15, 0.2) is 0 Å². The predicted molar refractivity (Wildman–Crippen MR) is 173 cm³/mol. The van der Waals surface area contributed by atoms with Gasteiger partial charge in [0.1, 0.15) is 0 Å². The van der Waals surface area contributed by atoms with Crippen molar-refractivity contribution >= 4 is 23.7 Å². The van der Waals surface area contributed by atoms with E-state index in [-0.39, 0.29) is 40.2 Å². The van der Waals surface area contributed by atoms with Gasteiger partial charge in [0, 0.05) is 44.0 Å². The van der Waals surface area contributed by atoms with E-state index >= 15 is 0 Å². The van der Waals surface area contributed by atoms with Crippen LogP contribution >= 0.6 is 11.6 Å². The molecule has 3 aliphatic heterocycles. The summed E-state index contributed by atoms with van der Waals surface area (Å²) in [5, 5.41) is 7.00. The molecular weight excluding hydrogens is 534 g/mol. The van der Waals surface area contributed by atoms with Gasteiger partial charge in [-0.15, -0.1) is 11.6 Å². The summed E-state index contributed by atoms with van der Waals surface area (Å²) >= 11 is 6.67. The summed E-state index contributed by atoms with van der Waals surface area (Å²) in [5.74, 6) is -0.468.